The summed E-state index contributed by atoms with van der Waals surface area (Å²) in [5.74, 6) is -0.0425. The van der Waals surface area contributed by atoms with Crippen LogP contribution in [0, 0.1) is 0 Å². The zero-order chi connectivity index (χ0) is 12.1. The molecule has 0 aliphatic carbocycles. The van der Waals surface area contributed by atoms with Crippen molar-refractivity contribution in [3.05, 3.63) is 18.5 Å². The maximum absolute atomic E-state index is 10.7. The van der Waals surface area contributed by atoms with Crippen LogP contribution in [-0.4, -0.2) is 58.7 Å². The van der Waals surface area contributed by atoms with E-state index in [1.807, 2.05) is 4.90 Å². The van der Waals surface area contributed by atoms with Gasteiger partial charge in [0, 0.05) is 38.6 Å². The number of hydrogen-bond acceptors (Lipinski definition) is 5. The van der Waals surface area contributed by atoms with Gasteiger partial charge in [0.2, 0.25) is 5.95 Å². The molecule has 1 fully saturated rings. The number of aromatic nitrogens is 2. The first-order valence-corrected chi connectivity index (χ1v) is 5.72. The predicted octanol–water partition coefficient (Wildman–Crippen LogP) is 0.0733. The molecule has 1 aliphatic rings. The van der Waals surface area contributed by atoms with Crippen LogP contribution in [0.25, 0.3) is 0 Å². The van der Waals surface area contributed by atoms with Crippen molar-refractivity contribution in [2.45, 2.75) is 6.42 Å². The summed E-state index contributed by atoms with van der Waals surface area (Å²) in [6, 6.07) is 1.79. The molecule has 0 atom stereocenters. The Morgan fingerprint density at radius 1 is 1.24 bits per heavy atom. The summed E-state index contributed by atoms with van der Waals surface area (Å²) in [5.41, 5.74) is 0. The van der Waals surface area contributed by atoms with Crippen LogP contribution in [0.4, 0.5) is 5.95 Å². The van der Waals surface area contributed by atoms with Crippen LogP contribution >= 0.6 is 0 Å². The number of carbonyl (C=O) groups is 1. The fourth-order valence-electron chi connectivity index (χ4n) is 1.97. The van der Waals surface area contributed by atoms with Gasteiger partial charge in [-0.05, 0) is 12.5 Å². The van der Waals surface area contributed by atoms with E-state index in [0.29, 0.717) is 0 Å². The number of aliphatic carboxylic acids is 1. The molecule has 1 N–H and O–H groups in total. The highest BCUT2D eigenvalue weighted by atomic mass is 16.4. The van der Waals surface area contributed by atoms with E-state index in [0.717, 1.165) is 38.5 Å². The molecule has 0 amide bonds. The second kappa shape index (κ2) is 5.58. The minimum Gasteiger partial charge on any atom is -0.480 e. The Morgan fingerprint density at radius 3 is 2.71 bits per heavy atom. The molecular weight excluding hydrogens is 220 g/mol. The van der Waals surface area contributed by atoms with Crippen LogP contribution < -0.4 is 4.90 Å². The zero-order valence-corrected chi connectivity index (χ0v) is 9.62. The van der Waals surface area contributed by atoms with Gasteiger partial charge in [0.1, 0.15) is 0 Å². The van der Waals surface area contributed by atoms with Gasteiger partial charge in [-0.3, -0.25) is 9.69 Å². The van der Waals surface area contributed by atoms with Crippen molar-refractivity contribution < 1.29 is 9.90 Å². The Bertz CT molecular complexity index is 371. The summed E-state index contributed by atoms with van der Waals surface area (Å²) < 4.78 is 0. The predicted molar refractivity (Wildman–Crippen MR) is 62.9 cm³/mol. The van der Waals surface area contributed by atoms with Crippen molar-refractivity contribution in [1.82, 2.24) is 14.9 Å². The quantitative estimate of drug-likeness (QED) is 0.801. The van der Waals surface area contributed by atoms with Crippen molar-refractivity contribution in [3.8, 4) is 0 Å². The third kappa shape index (κ3) is 3.39. The van der Waals surface area contributed by atoms with Crippen LogP contribution in [0.3, 0.4) is 0 Å². The Labute approximate surface area is 99.9 Å². The molecular formula is C11H16N4O2. The number of nitrogens with zero attached hydrogens (tertiary/aromatic N) is 4. The second-order valence-electron chi connectivity index (χ2n) is 4.06. The molecule has 0 spiro atoms. The van der Waals surface area contributed by atoms with Gasteiger partial charge in [0.25, 0.3) is 0 Å². The largest absolute Gasteiger partial charge is 0.480 e. The number of anilines is 1. The van der Waals surface area contributed by atoms with Crippen LogP contribution in [0.1, 0.15) is 6.42 Å². The molecule has 92 valence electrons. The molecule has 0 bridgehead atoms. The van der Waals surface area contributed by atoms with E-state index in [9.17, 15) is 4.79 Å². The molecule has 17 heavy (non-hydrogen) atoms. The Morgan fingerprint density at radius 2 is 2.00 bits per heavy atom. The van der Waals surface area contributed by atoms with Crippen LogP contribution in [0.15, 0.2) is 18.5 Å². The zero-order valence-electron chi connectivity index (χ0n) is 9.62. The van der Waals surface area contributed by atoms with E-state index in [-0.39, 0.29) is 6.54 Å². The summed E-state index contributed by atoms with van der Waals surface area (Å²) in [6.07, 6.45) is 4.38. The standard InChI is InChI=1S/C11H16N4O2/c16-10(17)9-14-5-2-6-15(8-7-14)11-12-3-1-4-13-11/h1,3-4H,2,5-9H2,(H,16,17). The lowest BCUT2D eigenvalue weighted by Gasteiger charge is -2.20. The number of carboxylic acid groups (broad SMARTS) is 1. The Balaban J connectivity index is 1.94. The van der Waals surface area contributed by atoms with Crippen LogP contribution in [0.2, 0.25) is 0 Å². The van der Waals surface area contributed by atoms with Gasteiger partial charge in [0.05, 0.1) is 6.54 Å². The number of hydrogen-bond donors (Lipinski definition) is 1. The lowest BCUT2D eigenvalue weighted by molar-refractivity contribution is -0.138. The molecule has 1 aromatic rings. The van der Waals surface area contributed by atoms with E-state index in [2.05, 4.69) is 14.9 Å². The third-order valence-electron chi connectivity index (χ3n) is 2.78. The highest BCUT2D eigenvalue weighted by molar-refractivity contribution is 5.69. The first kappa shape index (κ1) is 11.8. The average molecular weight is 236 g/mol. The van der Waals surface area contributed by atoms with Crippen molar-refractivity contribution in [1.29, 1.82) is 0 Å². The van der Waals surface area contributed by atoms with Crippen molar-refractivity contribution >= 4 is 11.9 Å². The van der Waals surface area contributed by atoms with Crippen molar-refractivity contribution in [2.24, 2.45) is 0 Å². The monoisotopic (exact) mass is 236 g/mol. The highest BCUT2D eigenvalue weighted by Crippen LogP contribution is 2.09. The first-order chi connectivity index (χ1) is 8.25. The minimum absolute atomic E-state index is 0.115. The Kier molecular flexibility index (Phi) is 3.87. The van der Waals surface area contributed by atoms with Gasteiger partial charge >= 0.3 is 5.97 Å². The van der Waals surface area contributed by atoms with Gasteiger partial charge in [-0.25, -0.2) is 9.97 Å². The fourth-order valence-corrected chi connectivity index (χ4v) is 1.97. The summed E-state index contributed by atoms with van der Waals surface area (Å²) in [6.45, 7) is 3.32. The molecule has 1 aliphatic heterocycles. The summed E-state index contributed by atoms with van der Waals surface area (Å²) in [5, 5.41) is 8.76. The maximum atomic E-state index is 10.7. The van der Waals surface area contributed by atoms with E-state index < -0.39 is 5.97 Å². The van der Waals surface area contributed by atoms with Crippen LogP contribution in [-0.2, 0) is 4.79 Å². The third-order valence-corrected chi connectivity index (χ3v) is 2.78. The Hall–Kier alpha value is -1.69. The topological polar surface area (TPSA) is 69.6 Å². The van der Waals surface area contributed by atoms with E-state index >= 15 is 0 Å². The van der Waals surface area contributed by atoms with Gasteiger partial charge in [0.15, 0.2) is 0 Å². The first-order valence-electron chi connectivity index (χ1n) is 5.72. The maximum Gasteiger partial charge on any atom is 0.317 e. The summed E-state index contributed by atoms with van der Waals surface area (Å²) in [4.78, 5) is 23.1. The number of rotatable bonds is 3. The van der Waals surface area contributed by atoms with Gasteiger partial charge in [-0.1, -0.05) is 0 Å². The highest BCUT2D eigenvalue weighted by Gasteiger charge is 2.17. The van der Waals surface area contributed by atoms with E-state index in [4.69, 9.17) is 5.11 Å². The van der Waals surface area contributed by atoms with E-state index in [1.54, 1.807) is 18.5 Å². The lowest BCUT2D eigenvalue weighted by Crippen LogP contribution is -2.34. The molecule has 1 aromatic heterocycles. The molecule has 1 saturated heterocycles. The SMILES string of the molecule is O=C(O)CN1CCCN(c2ncccn2)CC1. The van der Waals surface area contributed by atoms with E-state index in [1.165, 1.54) is 0 Å². The smallest absolute Gasteiger partial charge is 0.317 e. The number of carboxylic acids is 1. The minimum atomic E-state index is -0.769. The average Bonchev–Trinajstić information content (AvgIpc) is 2.55. The molecule has 0 saturated carbocycles. The summed E-state index contributed by atoms with van der Waals surface area (Å²) in [7, 11) is 0. The molecule has 0 aromatic carbocycles. The molecule has 2 heterocycles. The van der Waals surface area contributed by atoms with Crippen molar-refractivity contribution in [2.75, 3.05) is 37.6 Å². The van der Waals surface area contributed by atoms with Crippen LogP contribution in [0.5, 0.6) is 0 Å². The second-order valence-corrected chi connectivity index (χ2v) is 4.06. The molecule has 0 unspecified atom stereocenters. The van der Waals surface area contributed by atoms with Crippen molar-refractivity contribution in [3.63, 3.8) is 0 Å². The molecule has 6 nitrogen and oxygen atoms in total. The lowest BCUT2D eigenvalue weighted by atomic mass is 10.4. The van der Waals surface area contributed by atoms with Gasteiger partial charge < -0.3 is 10.0 Å². The van der Waals surface area contributed by atoms with Gasteiger partial charge in [-0.15, -0.1) is 0 Å². The van der Waals surface area contributed by atoms with Gasteiger partial charge in [-0.2, -0.15) is 0 Å². The fraction of sp³-hybridized carbons (Fsp3) is 0.545. The summed E-state index contributed by atoms with van der Waals surface area (Å²) >= 11 is 0. The molecule has 6 heteroatoms. The molecule has 2 rings (SSSR count). The molecule has 0 radical (unpaired) electrons. The normalized spacial score (nSPS) is 17.8.